The number of hydrogen-bond donors (Lipinski definition) is 2. The smallest absolute Gasteiger partial charge is 0.350 e. The summed E-state index contributed by atoms with van der Waals surface area (Å²) in [4.78, 5) is 23.7. The highest BCUT2D eigenvalue weighted by atomic mass is 127. The molecule has 2 N–H and O–H groups in total. The van der Waals surface area contributed by atoms with E-state index in [0.29, 0.717) is 11.1 Å². The zero-order chi connectivity index (χ0) is 18.4. The van der Waals surface area contributed by atoms with E-state index in [9.17, 15) is 22.8 Å². The third kappa shape index (κ3) is 5.73. The van der Waals surface area contributed by atoms with Gasteiger partial charge in [-0.25, -0.2) is 0 Å². The molecule has 132 valence electrons. The Morgan fingerprint density at radius 3 is 2.20 bits per heavy atom. The number of carbonyl (C=O) groups is 2. The van der Waals surface area contributed by atoms with Crippen LogP contribution in [0, 0.1) is 3.57 Å². The summed E-state index contributed by atoms with van der Waals surface area (Å²) < 4.78 is 38.2. The highest BCUT2D eigenvalue weighted by Gasteiger charge is 2.29. The Hall–Kier alpha value is -2.10. The van der Waals surface area contributed by atoms with E-state index in [1.54, 1.807) is 24.3 Å². The first-order chi connectivity index (χ1) is 11.8. The first-order valence-corrected chi connectivity index (χ1v) is 8.31. The molecule has 0 bridgehead atoms. The van der Waals surface area contributed by atoms with Crippen molar-refractivity contribution in [2.24, 2.45) is 0 Å². The highest BCUT2D eigenvalue weighted by Crippen LogP contribution is 2.29. The van der Waals surface area contributed by atoms with E-state index < -0.39 is 17.6 Å². The van der Waals surface area contributed by atoms with Crippen LogP contribution in [0.1, 0.15) is 21.5 Å². The van der Waals surface area contributed by atoms with Gasteiger partial charge < -0.3 is 10.6 Å². The molecule has 0 fully saturated rings. The van der Waals surface area contributed by atoms with Gasteiger partial charge in [0.15, 0.2) is 0 Å². The SMILES string of the molecule is O=C(CNC(=O)c1ccccc1I)NCc1ccc(C(F)(F)F)cc1. The van der Waals surface area contributed by atoms with Gasteiger partial charge in [-0.15, -0.1) is 0 Å². The lowest BCUT2D eigenvalue weighted by Crippen LogP contribution is -2.36. The zero-order valence-electron chi connectivity index (χ0n) is 12.9. The van der Waals surface area contributed by atoms with Crippen LogP contribution in [-0.2, 0) is 17.5 Å². The van der Waals surface area contributed by atoms with Crippen molar-refractivity contribution < 1.29 is 22.8 Å². The molecule has 0 saturated carbocycles. The number of rotatable bonds is 5. The predicted molar refractivity (Wildman–Crippen MR) is 94.8 cm³/mol. The summed E-state index contributed by atoms with van der Waals surface area (Å²) in [5.74, 6) is -0.797. The lowest BCUT2D eigenvalue weighted by molar-refractivity contribution is -0.137. The summed E-state index contributed by atoms with van der Waals surface area (Å²) in [6, 6.07) is 11.5. The summed E-state index contributed by atoms with van der Waals surface area (Å²) >= 11 is 2.02. The molecule has 0 unspecified atom stereocenters. The molecule has 0 radical (unpaired) electrons. The van der Waals surface area contributed by atoms with Crippen molar-refractivity contribution in [3.05, 3.63) is 68.8 Å². The molecule has 2 aromatic carbocycles. The van der Waals surface area contributed by atoms with Crippen LogP contribution in [0.2, 0.25) is 0 Å². The van der Waals surface area contributed by atoms with E-state index in [1.807, 2.05) is 22.6 Å². The van der Waals surface area contributed by atoms with Crippen molar-refractivity contribution >= 4 is 34.4 Å². The van der Waals surface area contributed by atoms with E-state index in [-0.39, 0.29) is 19.0 Å². The van der Waals surface area contributed by atoms with Crippen LogP contribution in [0.5, 0.6) is 0 Å². The summed E-state index contributed by atoms with van der Waals surface area (Å²) in [5, 5.41) is 5.04. The Kier molecular flexibility index (Phi) is 6.40. The van der Waals surface area contributed by atoms with E-state index >= 15 is 0 Å². The molecule has 4 nitrogen and oxygen atoms in total. The molecule has 0 spiro atoms. The van der Waals surface area contributed by atoms with Gasteiger partial charge in [0.25, 0.3) is 5.91 Å². The fourth-order valence-corrected chi connectivity index (χ4v) is 2.61. The number of alkyl halides is 3. The fourth-order valence-electron chi connectivity index (χ4n) is 1.98. The molecule has 8 heteroatoms. The second kappa shape index (κ2) is 8.32. The van der Waals surface area contributed by atoms with Gasteiger partial charge in [-0.1, -0.05) is 24.3 Å². The maximum absolute atomic E-state index is 12.5. The molecule has 0 aliphatic rings. The fraction of sp³-hybridized carbons (Fsp3) is 0.176. The average molecular weight is 462 g/mol. The molecule has 2 amide bonds. The van der Waals surface area contributed by atoms with Crippen LogP contribution in [0.25, 0.3) is 0 Å². The number of halogens is 4. The second-order valence-corrected chi connectivity index (χ2v) is 6.30. The van der Waals surface area contributed by atoms with E-state index in [2.05, 4.69) is 10.6 Å². The van der Waals surface area contributed by atoms with Gasteiger partial charge in [-0.05, 0) is 52.4 Å². The van der Waals surface area contributed by atoms with Crippen molar-refractivity contribution in [3.63, 3.8) is 0 Å². The molecule has 0 aliphatic carbocycles. The lowest BCUT2D eigenvalue weighted by atomic mass is 10.1. The van der Waals surface area contributed by atoms with Crippen molar-refractivity contribution in [2.75, 3.05) is 6.54 Å². The molecule has 0 aromatic heterocycles. The van der Waals surface area contributed by atoms with Gasteiger partial charge in [-0.2, -0.15) is 13.2 Å². The van der Waals surface area contributed by atoms with Crippen molar-refractivity contribution in [1.29, 1.82) is 0 Å². The van der Waals surface area contributed by atoms with Crippen LogP contribution < -0.4 is 10.6 Å². The first-order valence-electron chi connectivity index (χ1n) is 7.23. The summed E-state index contributed by atoms with van der Waals surface area (Å²) in [6.07, 6.45) is -4.39. The maximum Gasteiger partial charge on any atom is 0.416 e. The van der Waals surface area contributed by atoms with Gasteiger partial charge in [0.1, 0.15) is 0 Å². The Labute approximate surface area is 155 Å². The summed E-state index contributed by atoms with van der Waals surface area (Å²) in [5.41, 5.74) is 0.260. The third-order valence-electron chi connectivity index (χ3n) is 3.30. The monoisotopic (exact) mass is 462 g/mol. The third-order valence-corrected chi connectivity index (χ3v) is 4.24. The van der Waals surface area contributed by atoms with Crippen LogP contribution >= 0.6 is 22.6 Å². The van der Waals surface area contributed by atoms with Crippen LogP contribution in [0.4, 0.5) is 13.2 Å². The van der Waals surface area contributed by atoms with E-state index in [4.69, 9.17) is 0 Å². The molecule has 0 heterocycles. The summed E-state index contributed by atoms with van der Waals surface area (Å²) in [6.45, 7) is -0.139. The molecule has 2 rings (SSSR count). The van der Waals surface area contributed by atoms with Crippen LogP contribution in [0.3, 0.4) is 0 Å². The van der Waals surface area contributed by atoms with Gasteiger partial charge in [0.2, 0.25) is 5.91 Å². The van der Waals surface area contributed by atoms with Crippen molar-refractivity contribution in [3.8, 4) is 0 Å². The molecule has 25 heavy (non-hydrogen) atoms. The number of benzene rings is 2. The van der Waals surface area contributed by atoms with Crippen LogP contribution in [-0.4, -0.2) is 18.4 Å². The van der Waals surface area contributed by atoms with E-state index in [0.717, 1.165) is 15.7 Å². The van der Waals surface area contributed by atoms with Gasteiger partial charge >= 0.3 is 6.18 Å². The van der Waals surface area contributed by atoms with Gasteiger partial charge in [0.05, 0.1) is 17.7 Å². The normalized spacial score (nSPS) is 11.0. The molecular weight excluding hydrogens is 448 g/mol. The minimum Gasteiger partial charge on any atom is -0.350 e. The minimum atomic E-state index is -4.39. The van der Waals surface area contributed by atoms with E-state index in [1.165, 1.54) is 12.1 Å². The van der Waals surface area contributed by atoms with Gasteiger partial charge in [-0.3, -0.25) is 9.59 Å². The number of hydrogen-bond acceptors (Lipinski definition) is 2. The van der Waals surface area contributed by atoms with Crippen LogP contribution in [0.15, 0.2) is 48.5 Å². The van der Waals surface area contributed by atoms with Gasteiger partial charge in [0, 0.05) is 10.1 Å². The Morgan fingerprint density at radius 1 is 0.960 bits per heavy atom. The molecular formula is C17H14F3IN2O2. The Bertz CT molecular complexity index is 761. The topological polar surface area (TPSA) is 58.2 Å². The Balaban J connectivity index is 1.81. The minimum absolute atomic E-state index is 0.0791. The maximum atomic E-state index is 12.5. The lowest BCUT2D eigenvalue weighted by Gasteiger charge is -2.09. The molecule has 0 atom stereocenters. The molecule has 0 saturated heterocycles. The number of carbonyl (C=O) groups excluding carboxylic acids is 2. The van der Waals surface area contributed by atoms with Crippen molar-refractivity contribution in [1.82, 2.24) is 10.6 Å². The number of amides is 2. The highest BCUT2D eigenvalue weighted by molar-refractivity contribution is 14.1. The Morgan fingerprint density at radius 2 is 1.60 bits per heavy atom. The number of nitrogens with one attached hydrogen (secondary N) is 2. The second-order valence-electron chi connectivity index (χ2n) is 5.13. The summed E-state index contributed by atoms with van der Waals surface area (Å²) in [7, 11) is 0. The largest absolute Gasteiger partial charge is 0.416 e. The van der Waals surface area contributed by atoms with Crippen molar-refractivity contribution in [2.45, 2.75) is 12.7 Å². The standard InChI is InChI=1S/C17H14F3IN2O2/c18-17(19,20)12-7-5-11(6-8-12)9-22-15(24)10-23-16(25)13-3-1-2-4-14(13)21/h1-8H,9-10H2,(H,22,24)(H,23,25). The quantitative estimate of drug-likeness (QED) is 0.670. The molecule has 0 aliphatic heterocycles. The first kappa shape index (κ1) is 19.2. The molecule has 2 aromatic rings. The predicted octanol–water partition coefficient (Wildman–Crippen LogP) is 3.36. The average Bonchev–Trinajstić information content (AvgIpc) is 2.58. The zero-order valence-corrected chi connectivity index (χ0v) is 15.0.